The van der Waals surface area contributed by atoms with Crippen molar-refractivity contribution in [2.45, 2.75) is 19.4 Å². The standard InChI is InChI=1S/C7H10N2O2/c1-7(2)4-5(8-9-7)6(10)11-3/h4H,1-3H3. The highest BCUT2D eigenvalue weighted by molar-refractivity contribution is 5.88. The molecular formula is C7H10N2O2. The van der Waals surface area contributed by atoms with E-state index in [2.05, 4.69) is 15.0 Å². The van der Waals surface area contributed by atoms with Crippen LogP contribution in [0.15, 0.2) is 22.0 Å². The van der Waals surface area contributed by atoms with Gasteiger partial charge in [-0.2, -0.15) is 5.11 Å². The van der Waals surface area contributed by atoms with Crippen LogP contribution >= 0.6 is 0 Å². The molecule has 0 fully saturated rings. The highest BCUT2D eigenvalue weighted by Crippen LogP contribution is 2.22. The van der Waals surface area contributed by atoms with E-state index in [1.165, 1.54) is 7.11 Å². The lowest BCUT2D eigenvalue weighted by molar-refractivity contribution is -0.136. The minimum absolute atomic E-state index is 0.289. The SMILES string of the molecule is COC(=O)C1=CC(C)(C)N=N1. The molecule has 0 radical (unpaired) electrons. The van der Waals surface area contributed by atoms with Crippen LogP contribution in [-0.2, 0) is 9.53 Å². The molecule has 4 heteroatoms. The number of azo groups is 1. The summed E-state index contributed by atoms with van der Waals surface area (Å²) in [5.74, 6) is -0.431. The van der Waals surface area contributed by atoms with Gasteiger partial charge in [0.15, 0.2) is 5.70 Å². The van der Waals surface area contributed by atoms with Gasteiger partial charge < -0.3 is 4.74 Å². The maximum atomic E-state index is 10.9. The summed E-state index contributed by atoms with van der Waals surface area (Å²) in [7, 11) is 1.32. The molecule has 1 rings (SSSR count). The lowest BCUT2D eigenvalue weighted by Gasteiger charge is -2.04. The first-order valence-corrected chi connectivity index (χ1v) is 3.29. The van der Waals surface area contributed by atoms with Gasteiger partial charge in [0.2, 0.25) is 0 Å². The lowest BCUT2D eigenvalue weighted by atomic mass is 10.1. The minimum Gasteiger partial charge on any atom is -0.464 e. The number of esters is 1. The number of carbonyl (C=O) groups excluding carboxylic acids is 1. The largest absolute Gasteiger partial charge is 0.464 e. The van der Waals surface area contributed by atoms with E-state index in [9.17, 15) is 4.79 Å². The molecule has 0 aromatic heterocycles. The maximum absolute atomic E-state index is 10.9. The number of hydrogen-bond donors (Lipinski definition) is 0. The Morgan fingerprint density at radius 3 is 2.64 bits per heavy atom. The van der Waals surface area contributed by atoms with Crippen LogP contribution in [-0.4, -0.2) is 18.6 Å². The summed E-state index contributed by atoms with van der Waals surface area (Å²) in [5, 5.41) is 7.52. The van der Waals surface area contributed by atoms with Crippen molar-refractivity contribution < 1.29 is 9.53 Å². The number of rotatable bonds is 1. The van der Waals surface area contributed by atoms with Crippen LogP contribution in [0.25, 0.3) is 0 Å². The van der Waals surface area contributed by atoms with Gasteiger partial charge in [-0.25, -0.2) is 4.79 Å². The van der Waals surface area contributed by atoms with Crippen molar-refractivity contribution in [2.75, 3.05) is 7.11 Å². The third-order valence-electron chi connectivity index (χ3n) is 1.30. The van der Waals surface area contributed by atoms with E-state index in [0.29, 0.717) is 0 Å². The van der Waals surface area contributed by atoms with Crippen molar-refractivity contribution in [3.63, 3.8) is 0 Å². The summed E-state index contributed by atoms with van der Waals surface area (Å²) in [6, 6.07) is 0. The average Bonchev–Trinajstić information content (AvgIpc) is 2.29. The molecule has 11 heavy (non-hydrogen) atoms. The van der Waals surface area contributed by atoms with E-state index in [4.69, 9.17) is 0 Å². The Hall–Kier alpha value is -1.19. The Balaban J connectivity index is 2.80. The van der Waals surface area contributed by atoms with Crippen LogP contribution in [0.1, 0.15) is 13.8 Å². The van der Waals surface area contributed by atoms with Gasteiger partial charge in [0.05, 0.1) is 12.6 Å². The van der Waals surface area contributed by atoms with Crippen molar-refractivity contribution in [3.05, 3.63) is 11.8 Å². The van der Waals surface area contributed by atoms with Crippen molar-refractivity contribution in [1.82, 2.24) is 0 Å². The van der Waals surface area contributed by atoms with Crippen molar-refractivity contribution >= 4 is 5.97 Å². The summed E-state index contributed by atoms with van der Waals surface area (Å²) in [6.07, 6.45) is 1.68. The first-order chi connectivity index (χ1) is 5.05. The fraction of sp³-hybridized carbons (Fsp3) is 0.571. The summed E-state index contributed by atoms with van der Waals surface area (Å²) in [6.45, 7) is 3.74. The predicted molar refractivity (Wildman–Crippen MR) is 39.0 cm³/mol. The first kappa shape index (κ1) is 7.91. The van der Waals surface area contributed by atoms with Gasteiger partial charge in [-0.3, -0.25) is 0 Å². The molecule has 0 aliphatic carbocycles. The fourth-order valence-electron chi connectivity index (χ4n) is 0.779. The Kier molecular flexibility index (Phi) is 1.76. The molecule has 0 saturated carbocycles. The monoisotopic (exact) mass is 154 g/mol. The zero-order valence-electron chi connectivity index (χ0n) is 6.79. The van der Waals surface area contributed by atoms with Crippen LogP contribution in [0.5, 0.6) is 0 Å². The van der Waals surface area contributed by atoms with Gasteiger partial charge in [-0.05, 0) is 19.9 Å². The fourth-order valence-corrected chi connectivity index (χ4v) is 0.779. The van der Waals surface area contributed by atoms with Crippen molar-refractivity contribution in [3.8, 4) is 0 Å². The molecule has 0 amide bonds. The van der Waals surface area contributed by atoms with Gasteiger partial charge >= 0.3 is 5.97 Å². The molecule has 1 aliphatic rings. The second kappa shape index (κ2) is 2.45. The van der Waals surface area contributed by atoms with E-state index in [1.54, 1.807) is 6.08 Å². The van der Waals surface area contributed by atoms with Crippen LogP contribution in [0, 0.1) is 0 Å². The number of nitrogens with zero attached hydrogens (tertiary/aromatic N) is 2. The highest BCUT2D eigenvalue weighted by Gasteiger charge is 2.24. The molecule has 0 atom stereocenters. The van der Waals surface area contributed by atoms with E-state index < -0.39 is 5.97 Å². The Bertz CT molecular complexity index is 241. The smallest absolute Gasteiger partial charge is 0.358 e. The molecular weight excluding hydrogens is 144 g/mol. The summed E-state index contributed by atoms with van der Waals surface area (Å²) >= 11 is 0. The number of methoxy groups -OCH3 is 1. The molecule has 0 aromatic carbocycles. The Labute approximate surface area is 65.0 Å². The predicted octanol–water partition coefficient (Wildman–Crippen LogP) is 1.29. The maximum Gasteiger partial charge on any atom is 0.358 e. The van der Waals surface area contributed by atoms with Gasteiger partial charge in [-0.1, -0.05) is 0 Å². The van der Waals surface area contributed by atoms with E-state index in [0.717, 1.165) is 0 Å². The zero-order valence-corrected chi connectivity index (χ0v) is 6.79. The molecule has 1 aliphatic heterocycles. The van der Waals surface area contributed by atoms with Gasteiger partial charge in [0.1, 0.15) is 0 Å². The average molecular weight is 154 g/mol. The topological polar surface area (TPSA) is 51.0 Å². The van der Waals surface area contributed by atoms with Gasteiger partial charge in [-0.15, -0.1) is 5.11 Å². The van der Waals surface area contributed by atoms with Gasteiger partial charge in [0.25, 0.3) is 0 Å². The van der Waals surface area contributed by atoms with Crippen LogP contribution in [0.2, 0.25) is 0 Å². The molecule has 1 heterocycles. The summed E-state index contributed by atoms with van der Waals surface area (Å²) < 4.78 is 4.47. The van der Waals surface area contributed by atoms with Gasteiger partial charge in [0, 0.05) is 0 Å². The van der Waals surface area contributed by atoms with E-state index in [-0.39, 0.29) is 11.2 Å². The Morgan fingerprint density at radius 1 is 1.64 bits per heavy atom. The second-order valence-corrected chi connectivity index (χ2v) is 2.87. The molecule has 0 bridgehead atoms. The summed E-state index contributed by atoms with van der Waals surface area (Å²) in [5.41, 5.74) is -0.0683. The number of carbonyl (C=O) groups is 1. The molecule has 0 spiro atoms. The third-order valence-corrected chi connectivity index (χ3v) is 1.30. The molecule has 60 valence electrons. The molecule has 4 nitrogen and oxygen atoms in total. The Morgan fingerprint density at radius 2 is 2.27 bits per heavy atom. The van der Waals surface area contributed by atoms with E-state index >= 15 is 0 Å². The van der Waals surface area contributed by atoms with Crippen LogP contribution < -0.4 is 0 Å². The van der Waals surface area contributed by atoms with Crippen molar-refractivity contribution in [2.24, 2.45) is 10.2 Å². The zero-order chi connectivity index (χ0) is 8.48. The number of hydrogen-bond acceptors (Lipinski definition) is 4. The molecule has 0 aromatic rings. The highest BCUT2D eigenvalue weighted by atomic mass is 16.5. The van der Waals surface area contributed by atoms with E-state index in [1.807, 2.05) is 13.8 Å². The molecule has 0 N–H and O–H groups in total. The molecule has 0 saturated heterocycles. The van der Waals surface area contributed by atoms with Crippen LogP contribution in [0.4, 0.5) is 0 Å². The normalized spacial score (nSPS) is 19.7. The lowest BCUT2D eigenvalue weighted by Crippen LogP contribution is -2.09. The van der Waals surface area contributed by atoms with Crippen LogP contribution in [0.3, 0.4) is 0 Å². The quantitative estimate of drug-likeness (QED) is 0.534. The first-order valence-electron chi connectivity index (χ1n) is 3.29. The minimum atomic E-state index is -0.431. The van der Waals surface area contributed by atoms with Crippen molar-refractivity contribution in [1.29, 1.82) is 0 Å². The molecule has 0 unspecified atom stereocenters. The number of ether oxygens (including phenoxy) is 1. The summed E-state index contributed by atoms with van der Waals surface area (Å²) in [4.78, 5) is 10.9. The third kappa shape index (κ3) is 1.63. The second-order valence-electron chi connectivity index (χ2n) is 2.87.